The SMILES string of the molecule is CCCCCCCCCCN(C)Cc1cccc(C#N)c1. The fourth-order valence-electron chi connectivity index (χ4n) is 2.65. The summed E-state index contributed by atoms with van der Waals surface area (Å²) in [6, 6.07) is 10.1. The van der Waals surface area contributed by atoms with E-state index in [1.807, 2.05) is 18.2 Å². The number of nitrogens with zero attached hydrogens (tertiary/aromatic N) is 2. The van der Waals surface area contributed by atoms with Gasteiger partial charge in [0, 0.05) is 6.54 Å². The molecule has 0 fully saturated rings. The lowest BCUT2D eigenvalue weighted by Crippen LogP contribution is -2.19. The highest BCUT2D eigenvalue weighted by Gasteiger charge is 2.01. The zero-order chi connectivity index (χ0) is 15.3. The van der Waals surface area contributed by atoms with Crippen LogP contribution in [-0.2, 0) is 6.54 Å². The summed E-state index contributed by atoms with van der Waals surface area (Å²) >= 11 is 0. The molecule has 2 nitrogen and oxygen atoms in total. The molecular formula is C19H30N2. The fourth-order valence-corrected chi connectivity index (χ4v) is 2.65. The van der Waals surface area contributed by atoms with E-state index in [1.165, 1.54) is 56.9 Å². The highest BCUT2D eigenvalue weighted by molar-refractivity contribution is 5.32. The lowest BCUT2D eigenvalue weighted by Gasteiger charge is -2.16. The summed E-state index contributed by atoms with van der Waals surface area (Å²) in [6.45, 7) is 4.35. The Hall–Kier alpha value is -1.33. The molecule has 0 aliphatic carbocycles. The van der Waals surface area contributed by atoms with Gasteiger partial charge in [0.15, 0.2) is 0 Å². The van der Waals surface area contributed by atoms with E-state index in [1.54, 1.807) is 0 Å². The summed E-state index contributed by atoms with van der Waals surface area (Å²) in [5, 5.41) is 8.91. The first-order valence-corrected chi connectivity index (χ1v) is 8.44. The largest absolute Gasteiger partial charge is 0.302 e. The van der Waals surface area contributed by atoms with Gasteiger partial charge in [-0.3, -0.25) is 0 Å². The molecule has 21 heavy (non-hydrogen) atoms. The van der Waals surface area contributed by atoms with Crippen molar-refractivity contribution in [3.8, 4) is 6.07 Å². The van der Waals surface area contributed by atoms with Crippen molar-refractivity contribution in [3.63, 3.8) is 0 Å². The topological polar surface area (TPSA) is 27.0 Å². The van der Waals surface area contributed by atoms with Crippen molar-refractivity contribution in [3.05, 3.63) is 35.4 Å². The Labute approximate surface area is 130 Å². The van der Waals surface area contributed by atoms with E-state index in [-0.39, 0.29) is 0 Å². The number of hydrogen-bond donors (Lipinski definition) is 0. The van der Waals surface area contributed by atoms with Gasteiger partial charge in [0.1, 0.15) is 0 Å². The first kappa shape index (κ1) is 17.7. The molecule has 0 saturated carbocycles. The highest BCUT2D eigenvalue weighted by atomic mass is 15.1. The van der Waals surface area contributed by atoms with Gasteiger partial charge in [-0.25, -0.2) is 0 Å². The van der Waals surface area contributed by atoms with Crippen molar-refractivity contribution < 1.29 is 0 Å². The molecule has 1 rings (SSSR count). The van der Waals surface area contributed by atoms with Crippen LogP contribution in [0.2, 0.25) is 0 Å². The van der Waals surface area contributed by atoms with Crippen LogP contribution in [0.15, 0.2) is 24.3 Å². The first-order valence-electron chi connectivity index (χ1n) is 8.44. The molecule has 0 spiro atoms. The van der Waals surface area contributed by atoms with Gasteiger partial charge in [-0.05, 0) is 37.7 Å². The molecule has 0 aliphatic rings. The third-order valence-corrected chi connectivity index (χ3v) is 3.90. The summed E-state index contributed by atoms with van der Waals surface area (Å²) in [4.78, 5) is 2.35. The molecule has 0 aliphatic heterocycles. The maximum absolute atomic E-state index is 8.91. The predicted octanol–water partition coefficient (Wildman–Crippen LogP) is 5.13. The Kier molecular flexibility index (Phi) is 9.57. The van der Waals surface area contributed by atoms with Gasteiger partial charge in [-0.2, -0.15) is 5.26 Å². The van der Waals surface area contributed by atoms with E-state index in [4.69, 9.17) is 5.26 Å². The van der Waals surface area contributed by atoms with Gasteiger partial charge in [-0.15, -0.1) is 0 Å². The van der Waals surface area contributed by atoms with Gasteiger partial charge in [0.2, 0.25) is 0 Å². The maximum Gasteiger partial charge on any atom is 0.0991 e. The van der Waals surface area contributed by atoms with Crippen LogP contribution < -0.4 is 0 Å². The van der Waals surface area contributed by atoms with E-state index < -0.39 is 0 Å². The second kappa shape index (κ2) is 11.3. The van der Waals surface area contributed by atoms with Gasteiger partial charge < -0.3 is 4.90 Å². The van der Waals surface area contributed by atoms with E-state index in [0.29, 0.717) is 0 Å². The molecule has 2 heteroatoms. The van der Waals surface area contributed by atoms with Crippen LogP contribution in [0.5, 0.6) is 0 Å². The molecule has 116 valence electrons. The summed E-state index contributed by atoms with van der Waals surface area (Å²) in [5.74, 6) is 0. The van der Waals surface area contributed by atoms with E-state index in [0.717, 1.165) is 18.7 Å². The lowest BCUT2D eigenvalue weighted by atomic mass is 10.1. The van der Waals surface area contributed by atoms with Gasteiger partial charge >= 0.3 is 0 Å². The molecule has 0 N–H and O–H groups in total. The quantitative estimate of drug-likeness (QED) is 0.527. The number of rotatable bonds is 11. The summed E-state index contributed by atoms with van der Waals surface area (Å²) in [5.41, 5.74) is 1.99. The minimum Gasteiger partial charge on any atom is -0.302 e. The molecule has 0 saturated heterocycles. The predicted molar refractivity (Wildman–Crippen MR) is 90.1 cm³/mol. The first-order chi connectivity index (χ1) is 10.3. The normalized spacial score (nSPS) is 10.8. The van der Waals surface area contributed by atoms with Gasteiger partial charge in [0.25, 0.3) is 0 Å². The van der Waals surface area contributed by atoms with Crippen LogP contribution in [0.1, 0.15) is 69.4 Å². The van der Waals surface area contributed by atoms with Crippen LogP contribution in [-0.4, -0.2) is 18.5 Å². The maximum atomic E-state index is 8.91. The van der Waals surface area contributed by atoms with Crippen molar-refractivity contribution >= 4 is 0 Å². The third kappa shape index (κ3) is 8.52. The van der Waals surface area contributed by atoms with Gasteiger partial charge in [0.05, 0.1) is 11.6 Å². The molecule has 1 aromatic carbocycles. The van der Waals surface area contributed by atoms with Crippen LogP contribution in [0, 0.1) is 11.3 Å². The van der Waals surface area contributed by atoms with Crippen molar-refractivity contribution in [1.29, 1.82) is 5.26 Å². The third-order valence-electron chi connectivity index (χ3n) is 3.90. The lowest BCUT2D eigenvalue weighted by molar-refractivity contribution is 0.316. The molecule has 0 bridgehead atoms. The van der Waals surface area contributed by atoms with E-state index in [9.17, 15) is 0 Å². The second-order valence-corrected chi connectivity index (χ2v) is 6.02. The van der Waals surface area contributed by atoms with Gasteiger partial charge in [-0.1, -0.05) is 64.0 Å². The highest BCUT2D eigenvalue weighted by Crippen LogP contribution is 2.10. The van der Waals surface area contributed by atoms with Crippen LogP contribution >= 0.6 is 0 Å². The smallest absolute Gasteiger partial charge is 0.0991 e. The minimum atomic E-state index is 0.757. The average Bonchev–Trinajstić information content (AvgIpc) is 2.50. The number of unbranched alkanes of at least 4 members (excludes halogenated alkanes) is 7. The number of hydrogen-bond acceptors (Lipinski definition) is 2. The summed E-state index contributed by atoms with van der Waals surface area (Å²) in [6.07, 6.45) is 10.9. The fraction of sp³-hybridized carbons (Fsp3) is 0.632. The van der Waals surface area contributed by atoms with Crippen molar-refractivity contribution in [2.75, 3.05) is 13.6 Å². The number of benzene rings is 1. The van der Waals surface area contributed by atoms with Crippen LogP contribution in [0.3, 0.4) is 0 Å². The molecule has 0 atom stereocenters. The number of nitriles is 1. The minimum absolute atomic E-state index is 0.757. The Balaban J connectivity index is 2.08. The Morgan fingerprint density at radius 3 is 2.33 bits per heavy atom. The monoisotopic (exact) mass is 286 g/mol. The van der Waals surface area contributed by atoms with Crippen LogP contribution in [0.25, 0.3) is 0 Å². The molecule has 0 unspecified atom stereocenters. The molecule has 0 radical (unpaired) electrons. The standard InChI is InChI=1S/C19H30N2/c1-3-4-5-6-7-8-9-10-14-21(2)17-19-13-11-12-18(15-19)16-20/h11-13,15H,3-10,14,17H2,1-2H3. The molecule has 0 amide bonds. The Bertz CT molecular complexity index is 420. The molecular weight excluding hydrogens is 256 g/mol. The molecule has 1 aromatic rings. The van der Waals surface area contributed by atoms with E-state index >= 15 is 0 Å². The van der Waals surface area contributed by atoms with Crippen molar-refractivity contribution in [2.24, 2.45) is 0 Å². The second-order valence-electron chi connectivity index (χ2n) is 6.02. The average molecular weight is 286 g/mol. The Morgan fingerprint density at radius 2 is 1.67 bits per heavy atom. The summed E-state index contributed by atoms with van der Waals surface area (Å²) in [7, 11) is 2.17. The van der Waals surface area contributed by atoms with Crippen molar-refractivity contribution in [2.45, 2.75) is 64.8 Å². The zero-order valence-electron chi connectivity index (χ0n) is 13.8. The van der Waals surface area contributed by atoms with Crippen molar-refractivity contribution in [1.82, 2.24) is 4.90 Å². The van der Waals surface area contributed by atoms with Crippen LogP contribution in [0.4, 0.5) is 0 Å². The Morgan fingerprint density at radius 1 is 1.00 bits per heavy atom. The molecule has 0 heterocycles. The summed E-state index contributed by atoms with van der Waals surface area (Å²) < 4.78 is 0. The van der Waals surface area contributed by atoms with E-state index in [2.05, 4.69) is 31.0 Å². The molecule has 0 aromatic heterocycles. The zero-order valence-corrected chi connectivity index (χ0v) is 13.8.